The van der Waals surface area contributed by atoms with Gasteiger partial charge in [0, 0.05) is 13.1 Å². The predicted octanol–water partition coefficient (Wildman–Crippen LogP) is 4.14. The second-order valence-electron chi connectivity index (χ2n) is 6.03. The number of aryl methyl sites for hydroxylation is 2. The van der Waals surface area contributed by atoms with Crippen molar-refractivity contribution in [2.75, 3.05) is 6.54 Å². The van der Waals surface area contributed by atoms with Gasteiger partial charge >= 0.3 is 0 Å². The Balaban J connectivity index is 1.91. The second kappa shape index (κ2) is 7.60. The van der Waals surface area contributed by atoms with Gasteiger partial charge in [0.1, 0.15) is 0 Å². The summed E-state index contributed by atoms with van der Waals surface area (Å²) in [6.07, 6.45) is 6.62. The highest BCUT2D eigenvalue weighted by atomic mass is 79.9. The third-order valence-electron chi connectivity index (χ3n) is 4.68. The average Bonchev–Trinajstić information content (AvgIpc) is 2.77. The molecule has 1 aliphatic carbocycles. The van der Waals surface area contributed by atoms with Crippen LogP contribution >= 0.6 is 15.9 Å². The van der Waals surface area contributed by atoms with Gasteiger partial charge in [0.15, 0.2) is 0 Å². The van der Waals surface area contributed by atoms with Gasteiger partial charge in [-0.3, -0.25) is 4.68 Å². The molecule has 2 unspecified atom stereocenters. The van der Waals surface area contributed by atoms with Gasteiger partial charge in [-0.05, 0) is 54.1 Å². The molecule has 0 radical (unpaired) electrons. The molecule has 0 aromatic carbocycles. The quantitative estimate of drug-likeness (QED) is 0.842. The maximum atomic E-state index is 4.66. The molecule has 1 aliphatic rings. The van der Waals surface area contributed by atoms with E-state index in [9.17, 15) is 0 Å². The van der Waals surface area contributed by atoms with E-state index in [0.717, 1.165) is 37.9 Å². The topological polar surface area (TPSA) is 29.9 Å². The van der Waals surface area contributed by atoms with Crippen LogP contribution in [-0.2, 0) is 19.5 Å². The fourth-order valence-corrected chi connectivity index (χ4v) is 3.96. The van der Waals surface area contributed by atoms with Crippen molar-refractivity contribution >= 4 is 15.9 Å². The van der Waals surface area contributed by atoms with E-state index in [4.69, 9.17) is 0 Å². The first kappa shape index (κ1) is 16.0. The smallest absolute Gasteiger partial charge is 0.0767 e. The van der Waals surface area contributed by atoms with Gasteiger partial charge in [0.25, 0.3) is 0 Å². The molecule has 0 amide bonds. The summed E-state index contributed by atoms with van der Waals surface area (Å²) in [5, 5.41) is 8.32. The molecule has 0 spiro atoms. The van der Waals surface area contributed by atoms with Crippen LogP contribution in [0.5, 0.6) is 0 Å². The van der Waals surface area contributed by atoms with Crippen LogP contribution < -0.4 is 5.32 Å². The monoisotopic (exact) mass is 341 g/mol. The average molecular weight is 342 g/mol. The first-order valence-electron chi connectivity index (χ1n) is 8.12. The molecule has 1 N–H and O–H groups in total. The third kappa shape index (κ3) is 3.64. The summed E-state index contributed by atoms with van der Waals surface area (Å²) in [5.74, 6) is 1.73. The van der Waals surface area contributed by atoms with Crippen LogP contribution in [0.15, 0.2) is 4.47 Å². The Morgan fingerprint density at radius 3 is 2.70 bits per heavy atom. The Bertz CT molecular complexity index is 428. The summed E-state index contributed by atoms with van der Waals surface area (Å²) in [5.41, 5.74) is 2.47. The molecule has 4 heteroatoms. The SMILES string of the molecule is CCc1nn(CC)c(CNCC2CCCCC2C)c1Br. The third-order valence-corrected chi connectivity index (χ3v) is 5.60. The normalized spacial score (nSPS) is 23.2. The lowest BCUT2D eigenvalue weighted by Gasteiger charge is -2.28. The number of aromatic nitrogens is 2. The van der Waals surface area contributed by atoms with E-state index in [1.54, 1.807) is 0 Å². The van der Waals surface area contributed by atoms with Crippen molar-refractivity contribution in [2.24, 2.45) is 11.8 Å². The Labute approximate surface area is 131 Å². The van der Waals surface area contributed by atoms with Crippen molar-refractivity contribution in [3.05, 3.63) is 15.9 Å². The van der Waals surface area contributed by atoms with Crippen molar-refractivity contribution in [1.29, 1.82) is 0 Å². The van der Waals surface area contributed by atoms with Gasteiger partial charge in [-0.25, -0.2) is 0 Å². The van der Waals surface area contributed by atoms with Crippen LogP contribution in [0.25, 0.3) is 0 Å². The van der Waals surface area contributed by atoms with Crippen molar-refractivity contribution in [3.8, 4) is 0 Å². The van der Waals surface area contributed by atoms with Crippen molar-refractivity contribution in [3.63, 3.8) is 0 Å². The van der Waals surface area contributed by atoms with Crippen LogP contribution in [0.3, 0.4) is 0 Å². The molecule has 20 heavy (non-hydrogen) atoms. The first-order chi connectivity index (χ1) is 9.67. The van der Waals surface area contributed by atoms with Gasteiger partial charge in [-0.2, -0.15) is 5.10 Å². The number of nitrogens with one attached hydrogen (secondary N) is 1. The van der Waals surface area contributed by atoms with Crippen molar-refractivity contribution in [1.82, 2.24) is 15.1 Å². The lowest BCUT2D eigenvalue weighted by molar-refractivity contribution is 0.247. The highest BCUT2D eigenvalue weighted by molar-refractivity contribution is 9.10. The molecule has 1 aromatic rings. The van der Waals surface area contributed by atoms with Crippen molar-refractivity contribution < 1.29 is 0 Å². The number of halogens is 1. The zero-order valence-electron chi connectivity index (χ0n) is 13.1. The summed E-state index contributed by atoms with van der Waals surface area (Å²) >= 11 is 3.72. The summed E-state index contributed by atoms with van der Waals surface area (Å²) in [6, 6.07) is 0. The molecule has 114 valence electrons. The van der Waals surface area contributed by atoms with Gasteiger partial charge in [0.05, 0.1) is 15.9 Å². The largest absolute Gasteiger partial charge is 0.311 e. The van der Waals surface area contributed by atoms with E-state index in [1.165, 1.54) is 41.5 Å². The number of rotatable bonds is 6. The predicted molar refractivity (Wildman–Crippen MR) is 87.8 cm³/mol. The van der Waals surface area contributed by atoms with E-state index < -0.39 is 0 Å². The van der Waals surface area contributed by atoms with Crippen LogP contribution in [0.1, 0.15) is 57.8 Å². The lowest BCUT2D eigenvalue weighted by atomic mass is 9.80. The Hall–Kier alpha value is -0.350. The van der Waals surface area contributed by atoms with E-state index in [2.05, 4.69) is 51.8 Å². The maximum Gasteiger partial charge on any atom is 0.0767 e. The van der Waals surface area contributed by atoms with Gasteiger partial charge in [-0.15, -0.1) is 0 Å². The van der Waals surface area contributed by atoms with E-state index in [1.807, 2.05) is 0 Å². The number of hydrogen-bond acceptors (Lipinski definition) is 2. The molecule has 0 bridgehead atoms. The van der Waals surface area contributed by atoms with Gasteiger partial charge in [0.2, 0.25) is 0 Å². The summed E-state index contributed by atoms with van der Waals surface area (Å²) in [7, 11) is 0. The molecular formula is C16H28BrN3. The highest BCUT2D eigenvalue weighted by Crippen LogP contribution is 2.29. The van der Waals surface area contributed by atoms with Gasteiger partial charge in [-0.1, -0.05) is 33.1 Å². The molecular weight excluding hydrogens is 314 g/mol. The molecule has 1 fully saturated rings. The number of hydrogen-bond donors (Lipinski definition) is 1. The Morgan fingerprint density at radius 2 is 2.05 bits per heavy atom. The van der Waals surface area contributed by atoms with Crippen LogP contribution in [-0.4, -0.2) is 16.3 Å². The maximum absolute atomic E-state index is 4.66. The van der Waals surface area contributed by atoms with E-state index in [-0.39, 0.29) is 0 Å². The van der Waals surface area contributed by atoms with Crippen LogP contribution in [0.4, 0.5) is 0 Å². The standard InChI is InChI=1S/C16H28BrN3/c1-4-14-16(17)15(20(5-2)19-14)11-18-10-13-9-7-6-8-12(13)3/h12-13,18H,4-11H2,1-3H3. The molecule has 0 aliphatic heterocycles. The summed E-state index contributed by atoms with van der Waals surface area (Å²) in [6.45, 7) is 9.73. The highest BCUT2D eigenvalue weighted by Gasteiger charge is 2.21. The molecule has 2 rings (SSSR count). The molecule has 1 saturated carbocycles. The van der Waals surface area contributed by atoms with Crippen molar-refractivity contribution in [2.45, 2.75) is 66.0 Å². The molecule has 2 atom stereocenters. The Kier molecular flexibility index (Phi) is 6.09. The minimum atomic E-state index is 0.853. The van der Waals surface area contributed by atoms with Crippen LogP contribution in [0.2, 0.25) is 0 Å². The molecule has 1 heterocycles. The zero-order chi connectivity index (χ0) is 14.5. The molecule has 3 nitrogen and oxygen atoms in total. The molecule has 1 aromatic heterocycles. The van der Waals surface area contributed by atoms with E-state index in [0.29, 0.717) is 0 Å². The summed E-state index contributed by atoms with van der Waals surface area (Å²) in [4.78, 5) is 0. The minimum Gasteiger partial charge on any atom is -0.311 e. The fourth-order valence-electron chi connectivity index (χ4n) is 3.26. The first-order valence-corrected chi connectivity index (χ1v) is 8.91. The zero-order valence-corrected chi connectivity index (χ0v) is 14.7. The Morgan fingerprint density at radius 1 is 1.30 bits per heavy atom. The van der Waals surface area contributed by atoms with Crippen LogP contribution in [0, 0.1) is 11.8 Å². The number of nitrogens with zero attached hydrogens (tertiary/aromatic N) is 2. The van der Waals surface area contributed by atoms with Gasteiger partial charge < -0.3 is 5.32 Å². The fraction of sp³-hybridized carbons (Fsp3) is 0.812. The molecule has 0 saturated heterocycles. The van der Waals surface area contributed by atoms with E-state index >= 15 is 0 Å². The second-order valence-corrected chi connectivity index (χ2v) is 6.82. The summed E-state index contributed by atoms with van der Waals surface area (Å²) < 4.78 is 3.33. The minimum absolute atomic E-state index is 0.853. The lowest BCUT2D eigenvalue weighted by Crippen LogP contribution is -2.29.